The molecule has 3 rings (SSSR count). The summed E-state index contributed by atoms with van der Waals surface area (Å²) < 4.78 is 5.71. The number of ether oxygens (including phenoxy) is 1. The van der Waals surface area contributed by atoms with Crippen molar-refractivity contribution in [2.45, 2.75) is 58.1 Å². The highest BCUT2D eigenvalue weighted by molar-refractivity contribution is 5.89. The summed E-state index contributed by atoms with van der Waals surface area (Å²) in [5.74, 6) is 1.34. The summed E-state index contributed by atoms with van der Waals surface area (Å²) >= 11 is 0. The van der Waals surface area contributed by atoms with Gasteiger partial charge < -0.3 is 15.4 Å². The molecule has 0 radical (unpaired) electrons. The van der Waals surface area contributed by atoms with E-state index in [0.29, 0.717) is 18.6 Å². The molecule has 1 aromatic rings. The van der Waals surface area contributed by atoms with E-state index in [2.05, 4.69) is 17.6 Å². The predicted molar refractivity (Wildman–Crippen MR) is 92.4 cm³/mol. The first kappa shape index (κ1) is 16.3. The van der Waals surface area contributed by atoms with Gasteiger partial charge in [-0.15, -0.1) is 0 Å². The average Bonchev–Trinajstić information content (AvgIpc) is 3.34. The van der Waals surface area contributed by atoms with E-state index in [1.807, 2.05) is 24.3 Å². The summed E-state index contributed by atoms with van der Waals surface area (Å²) in [5, 5.41) is 6.08. The summed E-state index contributed by atoms with van der Waals surface area (Å²) in [7, 11) is 0. The quantitative estimate of drug-likeness (QED) is 0.821. The highest BCUT2D eigenvalue weighted by atomic mass is 16.5. The van der Waals surface area contributed by atoms with Crippen LogP contribution in [0, 0.1) is 11.8 Å². The fourth-order valence-electron chi connectivity index (χ4n) is 3.23. The first-order valence-electron chi connectivity index (χ1n) is 8.95. The number of hydrogen-bond acceptors (Lipinski definition) is 2. The normalized spacial score (nSPS) is 24.2. The van der Waals surface area contributed by atoms with E-state index >= 15 is 0 Å². The van der Waals surface area contributed by atoms with Crippen molar-refractivity contribution in [3.63, 3.8) is 0 Å². The summed E-state index contributed by atoms with van der Waals surface area (Å²) in [6.45, 7) is 3.70. The van der Waals surface area contributed by atoms with Crippen LogP contribution < -0.4 is 10.6 Å². The van der Waals surface area contributed by atoms with Crippen LogP contribution in [-0.4, -0.2) is 18.7 Å². The molecule has 2 atom stereocenters. The first-order valence-corrected chi connectivity index (χ1v) is 8.95. The number of carbonyl (C=O) groups excluding carboxylic acids is 1. The Morgan fingerprint density at radius 3 is 2.83 bits per heavy atom. The Morgan fingerprint density at radius 2 is 2.04 bits per heavy atom. The molecule has 0 aromatic heterocycles. The summed E-state index contributed by atoms with van der Waals surface area (Å²) in [5.41, 5.74) is 1.94. The Morgan fingerprint density at radius 1 is 1.22 bits per heavy atom. The van der Waals surface area contributed by atoms with Gasteiger partial charge in [0.15, 0.2) is 0 Å². The van der Waals surface area contributed by atoms with Crippen LogP contribution in [-0.2, 0) is 11.3 Å². The molecule has 2 unspecified atom stereocenters. The third-order valence-electron chi connectivity index (χ3n) is 4.93. The number of anilines is 1. The van der Waals surface area contributed by atoms with E-state index < -0.39 is 0 Å². The number of amides is 2. The van der Waals surface area contributed by atoms with Gasteiger partial charge in [-0.1, -0.05) is 31.9 Å². The van der Waals surface area contributed by atoms with Crippen LogP contribution in [0.2, 0.25) is 0 Å². The lowest BCUT2D eigenvalue weighted by Gasteiger charge is -2.29. The lowest BCUT2D eigenvalue weighted by atomic mass is 9.86. The van der Waals surface area contributed by atoms with E-state index in [-0.39, 0.29) is 6.03 Å². The number of carbonyl (C=O) groups is 1. The van der Waals surface area contributed by atoms with Crippen molar-refractivity contribution in [3.05, 3.63) is 29.8 Å². The number of benzene rings is 1. The van der Waals surface area contributed by atoms with Crippen molar-refractivity contribution in [1.29, 1.82) is 0 Å². The van der Waals surface area contributed by atoms with Crippen LogP contribution in [0.1, 0.15) is 51.0 Å². The molecule has 2 fully saturated rings. The van der Waals surface area contributed by atoms with E-state index in [0.717, 1.165) is 30.2 Å². The van der Waals surface area contributed by atoms with Gasteiger partial charge in [-0.2, -0.15) is 0 Å². The van der Waals surface area contributed by atoms with Gasteiger partial charge in [-0.25, -0.2) is 4.79 Å². The van der Waals surface area contributed by atoms with Gasteiger partial charge >= 0.3 is 6.03 Å². The number of urea groups is 1. The molecule has 0 saturated heterocycles. The van der Waals surface area contributed by atoms with Gasteiger partial charge in [0.25, 0.3) is 0 Å². The Labute approximate surface area is 139 Å². The molecule has 0 spiro atoms. The summed E-state index contributed by atoms with van der Waals surface area (Å²) in [6, 6.07) is 8.13. The van der Waals surface area contributed by atoms with Crippen LogP contribution in [0.3, 0.4) is 0 Å². The first-order chi connectivity index (χ1) is 11.2. The zero-order valence-electron chi connectivity index (χ0n) is 14.0. The van der Waals surface area contributed by atoms with Crippen molar-refractivity contribution in [2.24, 2.45) is 11.8 Å². The Bertz CT molecular complexity index is 528. The fraction of sp³-hybridized carbons (Fsp3) is 0.632. The Hall–Kier alpha value is -1.55. The molecule has 2 amide bonds. The SMILES string of the molecule is CC1CCCCC1NC(=O)Nc1cccc(COCC2CC2)c1. The van der Waals surface area contributed by atoms with Crippen LogP contribution >= 0.6 is 0 Å². The number of hydrogen-bond donors (Lipinski definition) is 2. The van der Waals surface area contributed by atoms with Crippen LogP contribution in [0.5, 0.6) is 0 Å². The molecule has 0 heterocycles. The van der Waals surface area contributed by atoms with Crippen LogP contribution in [0.4, 0.5) is 10.5 Å². The molecule has 4 heteroatoms. The van der Waals surface area contributed by atoms with E-state index in [1.54, 1.807) is 0 Å². The smallest absolute Gasteiger partial charge is 0.319 e. The highest BCUT2D eigenvalue weighted by Gasteiger charge is 2.23. The molecule has 2 N–H and O–H groups in total. The molecule has 0 bridgehead atoms. The average molecular weight is 316 g/mol. The predicted octanol–water partition coefficient (Wildman–Crippen LogP) is 4.31. The standard InChI is InChI=1S/C19H28N2O2/c1-14-5-2-3-8-18(14)21-19(22)20-17-7-4-6-16(11-17)13-23-12-15-9-10-15/h4,6-7,11,14-15,18H,2-3,5,8-10,12-13H2,1H3,(H2,20,21,22). The molecule has 23 heavy (non-hydrogen) atoms. The van der Waals surface area contributed by atoms with Crippen molar-refractivity contribution in [3.8, 4) is 0 Å². The van der Waals surface area contributed by atoms with Crippen molar-refractivity contribution >= 4 is 11.7 Å². The van der Waals surface area contributed by atoms with Crippen molar-refractivity contribution < 1.29 is 9.53 Å². The molecular formula is C19H28N2O2. The van der Waals surface area contributed by atoms with Gasteiger partial charge in [0.05, 0.1) is 6.61 Å². The second-order valence-corrected chi connectivity index (χ2v) is 7.13. The lowest BCUT2D eigenvalue weighted by molar-refractivity contribution is 0.111. The number of nitrogens with one attached hydrogen (secondary N) is 2. The van der Waals surface area contributed by atoms with Crippen LogP contribution in [0.25, 0.3) is 0 Å². The molecule has 0 aliphatic heterocycles. The highest BCUT2D eigenvalue weighted by Crippen LogP contribution is 2.29. The second kappa shape index (κ2) is 7.82. The maximum atomic E-state index is 12.2. The molecule has 2 aliphatic rings. The Balaban J connectivity index is 1.47. The molecule has 4 nitrogen and oxygen atoms in total. The maximum absolute atomic E-state index is 12.2. The fourth-order valence-corrected chi connectivity index (χ4v) is 3.23. The second-order valence-electron chi connectivity index (χ2n) is 7.13. The van der Waals surface area contributed by atoms with Gasteiger partial charge in [0, 0.05) is 18.3 Å². The molecule has 2 aliphatic carbocycles. The minimum Gasteiger partial charge on any atom is -0.376 e. The third kappa shape index (κ3) is 5.24. The molecule has 2 saturated carbocycles. The van der Waals surface area contributed by atoms with Crippen LogP contribution in [0.15, 0.2) is 24.3 Å². The monoisotopic (exact) mass is 316 g/mol. The van der Waals surface area contributed by atoms with Gasteiger partial charge in [-0.05, 0) is 55.2 Å². The molecule has 126 valence electrons. The minimum atomic E-state index is -0.0974. The van der Waals surface area contributed by atoms with E-state index in [4.69, 9.17) is 4.74 Å². The third-order valence-corrected chi connectivity index (χ3v) is 4.93. The van der Waals surface area contributed by atoms with Gasteiger partial charge in [0.2, 0.25) is 0 Å². The van der Waals surface area contributed by atoms with Gasteiger partial charge in [-0.3, -0.25) is 0 Å². The zero-order chi connectivity index (χ0) is 16.1. The minimum absolute atomic E-state index is 0.0974. The Kier molecular flexibility index (Phi) is 5.55. The zero-order valence-corrected chi connectivity index (χ0v) is 14.0. The van der Waals surface area contributed by atoms with Crippen molar-refractivity contribution in [2.75, 3.05) is 11.9 Å². The van der Waals surface area contributed by atoms with Crippen molar-refractivity contribution in [1.82, 2.24) is 5.32 Å². The van der Waals surface area contributed by atoms with Gasteiger partial charge in [0.1, 0.15) is 0 Å². The largest absolute Gasteiger partial charge is 0.376 e. The topological polar surface area (TPSA) is 50.4 Å². The lowest BCUT2D eigenvalue weighted by Crippen LogP contribution is -2.43. The summed E-state index contributed by atoms with van der Waals surface area (Å²) in [6.07, 6.45) is 7.40. The molecule has 1 aromatic carbocycles. The van der Waals surface area contributed by atoms with E-state index in [9.17, 15) is 4.79 Å². The molecular weight excluding hydrogens is 288 g/mol. The maximum Gasteiger partial charge on any atom is 0.319 e. The number of rotatable bonds is 6. The summed E-state index contributed by atoms with van der Waals surface area (Å²) in [4.78, 5) is 12.2. The van der Waals surface area contributed by atoms with E-state index in [1.165, 1.54) is 32.1 Å².